The zero-order chi connectivity index (χ0) is 20.7. The summed E-state index contributed by atoms with van der Waals surface area (Å²) in [6.07, 6.45) is -0.231. The fourth-order valence-corrected chi connectivity index (χ4v) is 2.83. The Morgan fingerprint density at radius 1 is 0.815 bits per heavy atom. The normalized spacial score (nSPS) is 11.8. The lowest BCUT2D eigenvalue weighted by molar-refractivity contribution is 0.0503. The summed E-state index contributed by atoms with van der Waals surface area (Å²) in [6, 6.07) is 3.62. The van der Waals surface area contributed by atoms with Crippen molar-refractivity contribution in [2.24, 2.45) is 0 Å². The lowest BCUT2D eigenvalue weighted by Crippen LogP contribution is -2.14. The number of ether oxygens (including phenoxy) is 2. The molecule has 0 saturated heterocycles. The molecule has 0 saturated carbocycles. The van der Waals surface area contributed by atoms with Crippen molar-refractivity contribution in [2.75, 3.05) is 30.5 Å². The van der Waals surface area contributed by atoms with Gasteiger partial charge in [0.05, 0.1) is 35.8 Å². The standard InChI is InChI=1S/C14H19NO10S2/c15-12-8-10(13(16)24-3-1-5-26(18,19)20)7-11(9-12)14(17)25-4-2-6-27(21,22)23/h7-9H,1-6,15H2,(H,18,19,20)(H,21,22,23). The lowest BCUT2D eigenvalue weighted by atomic mass is 10.1. The first-order valence-corrected chi connectivity index (χ1v) is 10.7. The Kier molecular flexibility index (Phi) is 8.15. The van der Waals surface area contributed by atoms with E-state index < -0.39 is 43.7 Å². The minimum absolute atomic E-state index is 0.0623. The number of benzene rings is 1. The van der Waals surface area contributed by atoms with Gasteiger partial charge in [0.1, 0.15) is 0 Å². The van der Waals surface area contributed by atoms with Gasteiger partial charge in [-0.1, -0.05) is 0 Å². The van der Waals surface area contributed by atoms with Crippen molar-refractivity contribution in [3.05, 3.63) is 29.3 Å². The van der Waals surface area contributed by atoms with Crippen LogP contribution in [0.25, 0.3) is 0 Å². The summed E-state index contributed by atoms with van der Waals surface area (Å²) in [5.41, 5.74) is 5.53. The van der Waals surface area contributed by atoms with Gasteiger partial charge in [0, 0.05) is 5.69 Å². The van der Waals surface area contributed by atoms with Crippen LogP contribution >= 0.6 is 0 Å². The predicted molar refractivity (Wildman–Crippen MR) is 93.5 cm³/mol. The quantitative estimate of drug-likeness (QED) is 0.200. The molecule has 0 amide bonds. The maximum Gasteiger partial charge on any atom is 0.338 e. The second-order valence-electron chi connectivity index (χ2n) is 5.39. The average molecular weight is 425 g/mol. The van der Waals surface area contributed by atoms with E-state index in [0.717, 1.165) is 6.07 Å². The van der Waals surface area contributed by atoms with Crippen molar-refractivity contribution in [1.82, 2.24) is 0 Å². The van der Waals surface area contributed by atoms with E-state index in [9.17, 15) is 26.4 Å². The van der Waals surface area contributed by atoms with E-state index in [-0.39, 0.29) is 42.9 Å². The summed E-state index contributed by atoms with van der Waals surface area (Å²) in [5.74, 6) is -2.87. The summed E-state index contributed by atoms with van der Waals surface area (Å²) in [4.78, 5) is 23.9. The molecule has 11 nitrogen and oxygen atoms in total. The largest absolute Gasteiger partial charge is 0.462 e. The Morgan fingerprint density at radius 3 is 1.52 bits per heavy atom. The first-order chi connectivity index (χ1) is 12.4. The van der Waals surface area contributed by atoms with Gasteiger partial charge < -0.3 is 15.2 Å². The Labute approximate surface area is 155 Å². The minimum Gasteiger partial charge on any atom is -0.462 e. The molecule has 0 unspecified atom stereocenters. The summed E-state index contributed by atoms with van der Waals surface area (Å²) in [5, 5.41) is 0. The zero-order valence-electron chi connectivity index (χ0n) is 14.0. The summed E-state index contributed by atoms with van der Waals surface area (Å²) in [6.45, 7) is -0.550. The molecule has 0 aliphatic rings. The van der Waals surface area contributed by atoms with Crippen LogP contribution in [0.2, 0.25) is 0 Å². The highest BCUT2D eigenvalue weighted by Crippen LogP contribution is 2.15. The van der Waals surface area contributed by atoms with E-state index >= 15 is 0 Å². The molecule has 1 aromatic rings. The zero-order valence-corrected chi connectivity index (χ0v) is 15.7. The molecule has 27 heavy (non-hydrogen) atoms. The van der Waals surface area contributed by atoms with Gasteiger partial charge in [-0.15, -0.1) is 0 Å². The number of anilines is 1. The number of carbonyl (C=O) groups excluding carboxylic acids is 2. The molecule has 152 valence electrons. The van der Waals surface area contributed by atoms with Gasteiger partial charge in [0.15, 0.2) is 0 Å². The maximum absolute atomic E-state index is 11.9. The van der Waals surface area contributed by atoms with Crippen LogP contribution in [0.3, 0.4) is 0 Å². The molecule has 0 bridgehead atoms. The third-order valence-corrected chi connectivity index (χ3v) is 4.60. The fourth-order valence-electron chi connectivity index (χ4n) is 1.87. The summed E-state index contributed by atoms with van der Waals surface area (Å²) >= 11 is 0. The van der Waals surface area contributed by atoms with Crippen molar-refractivity contribution >= 4 is 37.9 Å². The van der Waals surface area contributed by atoms with Crippen molar-refractivity contribution in [3.63, 3.8) is 0 Å². The third-order valence-electron chi connectivity index (χ3n) is 2.99. The van der Waals surface area contributed by atoms with Crippen LogP contribution in [-0.2, 0) is 29.7 Å². The van der Waals surface area contributed by atoms with Crippen molar-refractivity contribution in [1.29, 1.82) is 0 Å². The van der Waals surface area contributed by atoms with E-state index in [0.29, 0.717) is 0 Å². The van der Waals surface area contributed by atoms with Gasteiger partial charge in [0.25, 0.3) is 20.2 Å². The van der Waals surface area contributed by atoms with Crippen LogP contribution in [0.4, 0.5) is 5.69 Å². The molecule has 0 aliphatic heterocycles. The first-order valence-electron chi connectivity index (χ1n) is 7.52. The predicted octanol–water partition coefficient (Wildman–Crippen LogP) is 0.138. The lowest BCUT2D eigenvalue weighted by Gasteiger charge is -2.08. The molecule has 0 spiro atoms. The number of rotatable bonds is 10. The highest BCUT2D eigenvalue weighted by atomic mass is 32.2. The molecule has 0 radical (unpaired) electrons. The Bertz CT molecular complexity index is 822. The molecular weight excluding hydrogens is 406 g/mol. The van der Waals surface area contributed by atoms with Crippen molar-refractivity contribution in [3.8, 4) is 0 Å². The number of hydrogen-bond acceptors (Lipinski definition) is 9. The second-order valence-corrected chi connectivity index (χ2v) is 8.54. The molecule has 0 atom stereocenters. The van der Waals surface area contributed by atoms with Crippen LogP contribution in [0, 0.1) is 0 Å². The van der Waals surface area contributed by atoms with Crippen LogP contribution in [0.5, 0.6) is 0 Å². The Balaban J connectivity index is 2.64. The molecule has 0 aromatic heterocycles. The van der Waals surface area contributed by atoms with E-state index in [1.165, 1.54) is 12.1 Å². The van der Waals surface area contributed by atoms with Crippen molar-refractivity contribution < 1.29 is 45.0 Å². The number of hydrogen-bond donors (Lipinski definition) is 3. The number of nitrogens with two attached hydrogens (primary N) is 1. The fraction of sp³-hybridized carbons (Fsp3) is 0.429. The van der Waals surface area contributed by atoms with Crippen LogP contribution in [0.15, 0.2) is 18.2 Å². The molecule has 0 aliphatic carbocycles. The van der Waals surface area contributed by atoms with Gasteiger partial charge in [-0.05, 0) is 31.0 Å². The SMILES string of the molecule is Nc1cc(C(=O)OCCCS(=O)(=O)O)cc(C(=O)OCCCS(=O)(=O)O)c1. The van der Waals surface area contributed by atoms with Crippen LogP contribution in [0.1, 0.15) is 33.6 Å². The molecule has 1 rings (SSSR count). The van der Waals surface area contributed by atoms with Crippen LogP contribution in [-0.4, -0.2) is 62.6 Å². The van der Waals surface area contributed by atoms with E-state index in [2.05, 4.69) is 0 Å². The number of carbonyl (C=O) groups is 2. The van der Waals surface area contributed by atoms with Gasteiger partial charge in [-0.2, -0.15) is 16.8 Å². The molecule has 0 fully saturated rings. The molecule has 0 heterocycles. The monoisotopic (exact) mass is 425 g/mol. The van der Waals surface area contributed by atoms with Gasteiger partial charge in [-0.3, -0.25) is 9.11 Å². The van der Waals surface area contributed by atoms with E-state index in [4.69, 9.17) is 24.3 Å². The number of nitrogen functional groups attached to an aromatic ring is 1. The highest BCUT2D eigenvalue weighted by molar-refractivity contribution is 7.86. The topological polar surface area (TPSA) is 187 Å². The highest BCUT2D eigenvalue weighted by Gasteiger charge is 2.15. The smallest absolute Gasteiger partial charge is 0.338 e. The van der Waals surface area contributed by atoms with E-state index in [1.54, 1.807) is 0 Å². The average Bonchev–Trinajstić information content (AvgIpc) is 2.52. The Hall–Kier alpha value is -2.22. The van der Waals surface area contributed by atoms with Gasteiger partial charge in [0.2, 0.25) is 0 Å². The number of esters is 2. The first kappa shape index (κ1) is 22.8. The van der Waals surface area contributed by atoms with Crippen molar-refractivity contribution in [2.45, 2.75) is 12.8 Å². The maximum atomic E-state index is 11.9. The molecule has 13 heteroatoms. The third kappa shape index (κ3) is 9.89. The van der Waals surface area contributed by atoms with Gasteiger partial charge >= 0.3 is 11.9 Å². The minimum atomic E-state index is -4.16. The van der Waals surface area contributed by atoms with Crippen LogP contribution < -0.4 is 5.73 Å². The summed E-state index contributed by atoms with van der Waals surface area (Å²) in [7, 11) is -8.32. The summed E-state index contributed by atoms with van der Waals surface area (Å²) < 4.78 is 69.1. The van der Waals surface area contributed by atoms with Gasteiger partial charge in [-0.25, -0.2) is 9.59 Å². The molecular formula is C14H19NO10S2. The Morgan fingerprint density at radius 2 is 1.19 bits per heavy atom. The molecule has 1 aromatic carbocycles. The van der Waals surface area contributed by atoms with E-state index in [1.807, 2.05) is 0 Å². The second kappa shape index (κ2) is 9.64. The molecule has 4 N–H and O–H groups in total.